The molecule has 0 fully saturated rings. The molecular formula is C24H24N2O3. The summed E-state index contributed by atoms with van der Waals surface area (Å²) >= 11 is 0. The molecule has 2 amide bonds. The van der Waals surface area contributed by atoms with Gasteiger partial charge in [0.25, 0.3) is 11.8 Å². The van der Waals surface area contributed by atoms with Crippen molar-refractivity contribution in [2.24, 2.45) is 0 Å². The zero-order valence-electron chi connectivity index (χ0n) is 16.5. The highest BCUT2D eigenvalue weighted by molar-refractivity contribution is 5.95. The van der Waals surface area contributed by atoms with Crippen molar-refractivity contribution < 1.29 is 14.3 Å². The molecule has 2 N–H and O–H groups in total. The molecule has 1 unspecified atom stereocenters. The summed E-state index contributed by atoms with van der Waals surface area (Å²) in [5.41, 5.74) is 8.59. The number of carbonyl (C=O) groups is 2. The molecular weight excluding hydrogens is 364 g/mol. The number of hydrogen-bond donors (Lipinski definition) is 2. The first-order chi connectivity index (χ1) is 14.1. The lowest BCUT2D eigenvalue weighted by Crippen LogP contribution is -2.47. The second-order valence-corrected chi connectivity index (χ2v) is 6.71. The van der Waals surface area contributed by atoms with Gasteiger partial charge in [-0.3, -0.25) is 20.4 Å². The molecule has 0 saturated carbocycles. The van der Waals surface area contributed by atoms with Gasteiger partial charge in [-0.05, 0) is 48.7 Å². The fraction of sp³-hybridized carbons (Fsp3) is 0.167. The summed E-state index contributed by atoms with van der Waals surface area (Å²) in [5, 5.41) is 0. The molecule has 0 radical (unpaired) electrons. The fourth-order valence-corrected chi connectivity index (χ4v) is 2.82. The maximum Gasteiger partial charge on any atom is 0.279 e. The topological polar surface area (TPSA) is 67.4 Å². The highest BCUT2D eigenvalue weighted by Gasteiger charge is 2.19. The standard InChI is InChI=1S/C24H24N2O3/c1-3-22(24(28)26-25-23(27)20-11-9-17(2)10-12-20)29-21-15-13-19(14-16-21)18-7-5-4-6-8-18/h4-16,22H,3H2,1-2H3,(H,25,27)(H,26,28). The van der Waals surface area contributed by atoms with Crippen LogP contribution in [0, 0.1) is 6.92 Å². The van der Waals surface area contributed by atoms with Crippen molar-refractivity contribution in [1.82, 2.24) is 10.9 Å². The predicted octanol–water partition coefficient (Wildman–Crippen LogP) is 4.28. The summed E-state index contributed by atoms with van der Waals surface area (Å²) in [6.07, 6.45) is -0.247. The van der Waals surface area contributed by atoms with E-state index >= 15 is 0 Å². The van der Waals surface area contributed by atoms with Crippen LogP contribution in [0.2, 0.25) is 0 Å². The van der Waals surface area contributed by atoms with Crippen molar-refractivity contribution >= 4 is 11.8 Å². The Morgan fingerprint density at radius 2 is 1.45 bits per heavy atom. The molecule has 0 heterocycles. The molecule has 1 atom stereocenters. The smallest absolute Gasteiger partial charge is 0.279 e. The van der Waals surface area contributed by atoms with E-state index < -0.39 is 12.0 Å². The Balaban J connectivity index is 1.57. The largest absolute Gasteiger partial charge is 0.481 e. The maximum atomic E-state index is 12.4. The van der Waals surface area contributed by atoms with Crippen LogP contribution >= 0.6 is 0 Å². The quantitative estimate of drug-likeness (QED) is 0.620. The molecule has 3 aromatic carbocycles. The normalized spacial score (nSPS) is 11.4. The number of nitrogens with one attached hydrogen (secondary N) is 2. The van der Waals surface area contributed by atoms with Gasteiger partial charge >= 0.3 is 0 Å². The van der Waals surface area contributed by atoms with E-state index in [0.717, 1.165) is 16.7 Å². The number of aryl methyl sites for hydroxylation is 1. The average Bonchev–Trinajstić information content (AvgIpc) is 2.77. The number of hydrogen-bond acceptors (Lipinski definition) is 3. The Labute approximate surface area is 170 Å². The Kier molecular flexibility index (Phi) is 6.63. The molecule has 0 aliphatic rings. The zero-order chi connectivity index (χ0) is 20.6. The van der Waals surface area contributed by atoms with Gasteiger partial charge in [0.15, 0.2) is 6.10 Å². The van der Waals surface area contributed by atoms with E-state index in [0.29, 0.717) is 17.7 Å². The van der Waals surface area contributed by atoms with Gasteiger partial charge in [-0.25, -0.2) is 0 Å². The number of carbonyl (C=O) groups excluding carboxylic acids is 2. The summed E-state index contributed by atoms with van der Waals surface area (Å²) in [5.74, 6) is -0.183. The van der Waals surface area contributed by atoms with Crippen LogP contribution in [0.4, 0.5) is 0 Å². The zero-order valence-corrected chi connectivity index (χ0v) is 16.5. The minimum Gasteiger partial charge on any atom is -0.481 e. The summed E-state index contributed by atoms with van der Waals surface area (Å²) < 4.78 is 5.81. The number of rotatable bonds is 6. The fourth-order valence-electron chi connectivity index (χ4n) is 2.82. The molecule has 3 rings (SSSR count). The molecule has 0 aliphatic heterocycles. The van der Waals surface area contributed by atoms with Gasteiger partial charge in [0.1, 0.15) is 5.75 Å². The molecule has 148 valence electrons. The summed E-state index contributed by atoms with van der Waals surface area (Å²) in [6.45, 7) is 3.80. The Morgan fingerprint density at radius 1 is 0.828 bits per heavy atom. The number of benzene rings is 3. The van der Waals surface area contributed by atoms with Crippen molar-refractivity contribution in [3.05, 3.63) is 90.0 Å². The van der Waals surface area contributed by atoms with Gasteiger partial charge in [-0.2, -0.15) is 0 Å². The molecule has 5 nitrogen and oxygen atoms in total. The van der Waals surface area contributed by atoms with Gasteiger partial charge in [0.05, 0.1) is 0 Å². The van der Waals surface area contributed by atoms with Crippen LogP contribution in [0.1, 0.15) is 29.3 Å². The molecule has 0 saturated heterocycles. The SMILES string of the molecule is CCC(Oc1ccc(-c2ccccc2)cc1)C(=O)NNC(=O)c1ccc(C)cc1. The van der Waals surface area contributed by atoms with Gasteiger partial charge in [0.2, 0.25) is 0 Å². The third kappa shape index (κ3) is 5.45. The van der Waals surface area contributed by atoms with Crippen molar-refractivity contribution in [3.8, 4) is 16.9 Å². The van der Waals surface area contributed by atoms with Gasteiger partial charge in [-0.15, -0.1) is 0 Å². The Hall–Kier alpha value is -3.60. The first-order valence-electron chi connectivity index (χ1n) is 9.56. The monoisotopic (exact) mass is 388 g/mol. The van der Waals surface area contributed by atoms with Crippen LogP contribution < -0.4 is 15.6 Å². The minimum atomic E-state index is -0.712. The summed E-state index contributed by atoms with van der Waals surface area (Å²) in [7, 11) is 0. The van der Waals surface area contributed by atoms with Crippen LogP contribution in [-0.4, -0.2) is 17.9 Å². The van der Waals surface area contributed by atoms with E-state index in [-0.39, 0.29) is 5.91 Å². The van der Waals surface area contributed by atoms with Crippen LogP contribution in [-0.2, 0) is 4.79 Å². The third-order valence-corrected chi connectivity index (χ3v) is 4.52. The van der Waals surface area contributed by atoms with E-state index in [9.17, 15) is 9.59 Å². The lowest BCUT2D eigenvalue weighted by atomic mass is 10.1. The molecule has 29 heavy (non-hydrogen) atoms. The van der Waals surface area contributed by atoms with E-state index in [1.165, 1.54) is 0 Å². The number of hydrazine groups is 1. The van der Waals surface area contributed by atoms with Gasteiger partial charge in [0, 0.05) is 5.56 Å². The van der Waals surface area contributed by atoms with Crippen molar-refractivity contribution in [2.75, 3.05) is 0 Å². The van der Waals surface area contributed by atoms with E-state index in [1.54, 1.807) is 12.1 Å². The van der Waals surface area contributed by atoms with Crippen molar-refractivity contribution in [2.45, 2.75) is 26.4 Å². The van der Waals surface area contributed by atoms with E-state index in [1.807, 2.05) is 80.6 Å². The molecule has 0 aliphatic carbocycles. The first kappa shape index (κ1) is 20.1. The summed E-state index contributed by atoms with van der Waals surface area (Å²) in [4.78, 5) is 24.5. The third-order valence-electron chi connectivity index (χ3n) is 4.52. The molecule has 0 aromatic heterocycles. The van der Waals surface area contributed by atoms with Crippen molar-refractivity contribution in [1.29, 1.82) is 0 Å². The van der Waals surface area contributed by atoms with Crippen molar-refractivity contribution in [3.63, 3.8) is 0 Å². The van der Waals surface area contributed by atoms with E-state index in [4.69, 9.17) is 4.74 Å². The number of amides is 2. The molecule has 0 bridgehead atoms. The Bertz CT molecular complexity index is 952. The van der Waals surface area contributed by atoms with Crippen LogP contribution in [0.15, 0.2) is 78.9 Å². The Morgan fingerprint density at radius 3 is 2.07 bits per heavy atom. The predicted molar refractivity (Wildman–Crippen MR) is 113 cm³/mol. The van der Waals surface area contributed by atoms with Gasteiger partial charge < -0.3 is 4.74 Å². The number of ether oxygens (including phenoxy) is 1. The highest BCUT2D eigenvalue weighted by atomic mass is 16.5. The lowest BCUT2D eigenvalue weighted by Gasteiger charge is -2.18. The lowest BCUT2D eigenvalue weighted by molar-refractivity contribution is -0.128. The average molecular weight is 388 g/mol. The molecule has 0 spiro atoms. The van der Waals surface area contributed by atoms with Crippen LogP contribution in [0.5, 0.6) is 5.75 Å². The van der Waals surface area contributed by atoms with E-state index in [2.05, 4.69) is 10.9 Å². The maximum absolute atomic E-state index is 12.4. The minimum absolute atomic E-state index is 0.375. The molecule has 5 heteroatoms. The van der Waals surface area contributed by atoms with Gasteiger partial charge in [-0.1, -0.05) is 67.1 Å². The molecule has 3 aromatic rings. The van der Waals surface area contributed by atoms with Crippen LogP contribution in [0.25, 0.3) is 11.1 Å². The second-order valence-electron chi connectivity index (χ2n) is 6.71. The second kappa shape index (κ2) is 9.55. The first-order valence-corrected chi connectivity index (χ1v) is 9.56. The summed E-state index contributed by atoms with van der Waals surface area (Å²) in [6, 6.07) is 24.7. The highest BCUT2D eigenvalue weighted by Crippen LogP contribution is 2.23. The van der Waals surface area contributed by atoms with Crippen LogP contribution in [0.3, 0.4) is 0 Å².